The van der Waals surface area contributed by atoms with Crippen LogP contribution in [0.25, 0.3) is 11.3 Å². The zero-order chi connectivity index (χ0) is 19.1. The van der Waals surface area contributed by atoms with E-state index in [4.69, 9.17) is 16.3 Å². The molecule has 2 heterocycles. The number of aliphatic imine (C=N–C) groups is 1. The Balaban J connectivity index is 1.60. The van der Waals surface area contributed by atoms with E-state index in [-0.39, 0.29) is 5.78 Å². The van der Waals surface area contributed by atoms with Crippen molar-refractivity contribution in [3.63, 3.8) is 0 Å². The molecule has 1 fully saturated rings. The molecule has 0 atom stereocenters. The molecule has 1 aromatic heterocycles. The highest BCUT2D eigenvalue weighted by Gasteiger charge is 2.17. The largest absolute Gasteiger partial charge is 0.379 e. The molecule has 0 spiro atoms. The molecule has 0 saturated carbocycles. The molecule has 1 aromatic carbocycles. The number of aromatic nitrogens is 1. The first-order valence-electron chi connectivity index (χ1n) is 8.97. The van der Waals surface area contributed by atoms with E-state index in [2.05, 4.69) is 19.6 Å². The second-order valence-electron chi connectivity index (χ2n) is 6.29. The van der Waals surface area contributed by atoms with Crippen molar-refractivity contribution in [2.45, 2.75) is 13.3 Å². The molecule has 0 radical (unpaired) electrons. The first kappa shape index (κ1) is 19.9. The van der Waals surface area contributed by atoms with Gasteiger partial charge in [0.2, 0.25) is 0 Å². The number of ketones is 1. The number of rotatable bonds is 8. The quantitative estimate of drug-likeness (QED) is 0.314. The van der Waals surface area contributed by atoms with Crippen molar-refractivity contribution in [1.82, 2.24) is 14.6 Å². The van der Waals surface area contributed by atoms with Crippen molar-refractivity contribution in [2.24, 2.45) is 4.99 Å². The van der Waals surface area contributed by atoms with Gasteiger partial charge in [0.15, 0.2) is 5.78 Å². The summed E-state index contributed by atoms with van der Waals surface area (Å²) in [6, 6.07) is 7.38. The second-order valence-corrected chi connectivity index (χ2v) is 7.50. The van der Waals surface area contributed by atoms with Crippen molar-refractivity contribution in [3.8, 4) is 11.3 Å². The maximum Gasteiger partial charge on any atom is 0.173 e. The molecule has 2 aromatic rings. The lowest BCUT2D eigenvalue weighted by atomic mass is 10.1. The predicted molar refractivity (Wildman–Crippen MR) is 111 cm³/mol. The molecule has 27 heavy (non-hydrogen) atoms. The molecule has 1 aliphatic rings. The van der Waals surface area contributed by atoms with Crippen LogP contribution in [0.15, 0.2) is 29.3 Å². The summed E-state index contributed by atoms with van der Waals surface area (Å²) < 4.78 is 9.78. The zero-order valence-electron chi connectivity index (χ0n) is 15.3. The lowest BCUT2D eigenvalue weighted by molar-refractivity contribution is 0.0376. The first-order valence-corrected chi connectivity index (χ1v) is 10.1. The van der Waals surface area contributed by atoms with Crippen LogP contribution in [0, 0.1) is 0 Å². The Morgan fingerprint density at radius 1 is 1.37 bits per heavy atom. The fraction of sp³-hybridized carbons (Fsp3) is 0.421. The number of carbonyl (C=O) groups is 1. The molecule has 1 aliphatic heterocycles. The van der Waals surface area contributed by atoms with Crippen LogP contribution in [-0.2, 0) is 4.74 Å². The molecular formula is C19H23ClN4O2S. The van der Waals surface area contributed by atoms with E-state index >= 15 is 0 Å². The maximum absolute atomic E-state index is 11.9. The highest BCUT2D eigenvalue weighted by molar-refractivity contribution is 7.09. The van der Waals surface area contributed by atoms with Crippen LogP contribution in [0.4, 0.5) is 5.69 Å². The average molecular weight is 407 g/mol. The van der Waals surface area contributed by atoms with Crippen LogP contribution in [0.5, 0.6) is 0 Å². The van der Waals surface area contributed by atoms with Crippen LogP contribution in [-0.4, -0.2) is 60.8 Å². The number of ether oxygens (including phenoxy) is 1. The lowest BCUT2D eigenvalue weighted by Crippen LogP contribution is -2.37. The van der Waals surface area contributed by atoms with Crippen molar-refractivity contribution < 1.29 is 9.53 Å². The van der Waals surface area contributed by atoms with Crippen LogP contribution in [0.3, 0.4) is 0 Å². The van der Waals surface area contributed by atoms with Gasteiger partial charge in [-0.1, -0.05) is 23.7 Å². The summed E-state index contributed by atoms with van der Waals surface area (Å²) in [5, 5.41) is 3.87. The Hall–Kier alpha value is -1.80. The van der Waals surface area contributed by atoms with Gasteiger partial charge in [0.1, 0.15) is 16.3 Å². The summed E-state index contributed by atoms with van der Waals surface area (Å²) in [4.78, 5) is 19.4. The van der Waals surface area contributed by atoms with Crippen LogP contribution in [0.2, 0.25) is 5.02 Å². The summed E-state index contributed by atoms with van der Waals surface area (Å²) in [5.41, 5.74) is 2.20. The van der Waals surface area contributed by atoms with Crippen LogP contribution < -0.4 is 5.32 Å². The third-order valence-corrected chi connectivity index (χ3v) is 5.48. The predicted octanol–water partition coefficient (Wildman–Crippen LogP) is 3.64. The molecule has 8 heteroatoms. The van der Waals surface area contributed by atoms with Crippen molar-refractivity contribution in [2.75, 3.05) is 39.4 Å². The Morgan fingerprint density at radius 2 is 2.11 bits per heavy atom. The molecular weight excluding hydrogens is 384 g/mol. The third-order valence-electron chi connectivity index (χ3n) is 4.29. The number of halogens is 1. The average Bonchev–Trinajstić information content (AvgIpc) is 3.10. The number of nitrogens with zero attached hydrogens (tertiary/aromatic N) is 3. The van der Waals surface area contributed by atoms with Crippen molar-refractivity contribution >= 4 is 40.9 Å². The van der Waals surface area contributed by atoms with Gasteiger partial charge in [0, 0.05) is 37.1 Å². The minimum atomic E-state index is -0.0350. The normalized spacial score (nSPS) is 15.3. The van der Waals surface area contributed by atoms with Gasteiger partial charge in [-0.05, 0) is 36.6 Å². The molecule has 0 unspecified atom stereocenters. The molecule has 0 amide bonds. The molecule has 3 rings (SSSR count). The van der Waals surface area contributed by atoms with Gasteiger partial charge in [-0.3, -0.25) is 9.69 Å². The molecule has 1 saturated heterocycles. The zero-order valence-corrected chi connectivity index (χ0v) is 16.9. The standard InChI is InChI=1S/C19H23ClN4O2S/c1-14(25)19-18(17(23-27-19)15-3-5-16(20)6-4-15)22-13-21-7-2-8-24-9-11-26-12-10-24/h3-6,13H,2,7-12H2,1H3,(H,21,22). The van der Waals surface area contributed by atoms with Crippen molar-refractivity contribution in [3.05, 3.63) is 34.2 Å². The number of hydrogen-bond acceptors (Lipinski definition) is 6. The Labute approximate surface area is 168 Å². The minimum absolute atomic E-state index is 0.0350. The SMILES string of the molecule is CC(=O)c1snc(-c2ccc(Cl)cc2)c1/N=C\NCCCN1CCOCC1. The van der Waals surface area contributed by atoms with Gasteiger partial charge in [-0.15, -0.1) is 0 Å². The van der Waals surface area contributed by atoms with E-state index < -0.39 is 0 Å². The van der Waals surface area contributed by atoms with E-state index in [1.165, 1.54) is 18.5 Å². The summed E-state index contributed by atoms with van der Waals surface area (Å²) in [6.45, 7) is 7.04. The molecule has 1 N–H and O–H groups in total. The Bertz CT molecular complexity index is 786. The van der Waals surface area contributed by atoms with E-state index in [0.29, 0.717) is 21.3 Å². The van der Waals surface area contributed by atoms with Gasteiger partial charge >= 0.3 is 0 Å². The third kappa shape index (κ3) is 5.59. The number of Topliss-reactive ketones (excluding diaryl/α,β-unsaturated/α-hetero) is 1. The fourth-order valence-corrected chi connectivity index (χ4v) is 3.70. The summed E-state index contributed by atoms with van der Waals surface area (Å²) in [5.74, 6) is -0.0350. The maximum atomic E-state index is 11.9. The molecule has 144 valence electrons. The minimum Gasteiger partial charge on any atom is -0.379 e. The van der Waals surface area contributed by atoms with Crippen molar-refractivity contribution in [1.29, 1.82) is 0 Å². The summed E-state index contributed by atoms with van der Waals surface area (Å²) in [7, 11) is 0. The van der Waals surface area contributed by atoms with Gasteiger partial charge in [0.05, 0.1) is 19.6 Å². The second kappa shape index (κ2) is 9.94. The highest BCUT2D eigenvalue weighted by atomic mass is 35.5. The van der Waals surface area contributed by atoms with Gasteiger partial charge in [-0.2, -0.15) is 4.37 Å². The summed E-state index contributed by atoms with van der Waals surface area (Å²) in [6.07, 6.45) is 2.69. The van der Waals surface area contributed by atoms with Gasteiger partial charge < -0.3 is 10.1 Å². The smallest absolute Gasteiger partial charge is 0.173 e. The van der Waals surface area contributed by atoms with Gasteiger partial charge in [0.25, 0.3) is 0 Å². The fourth-order valence-electron chi connectivity index (χ4n) is 2.84. The number of benzene rings is 1. The van der Waals surface area contributed by atoms with E-state index in [1.54, 1.807) is 18.5 Å². The monoisotopic (exact) mass is 406 g/mol. The Morgan fingerprint density at radius 3 is 2.81 bits per heavy atom. The number of morpholine rings is 1. The molecule has 6 nitrogen and oxygen atoms in total. The van der Waals surface area contributed by atoms with Crippen LogP contribution >= 0.6 is 23.1 Å². The lowest BCUT2D eigenvalue weighted by Gasteiger charge is -2.26. The number of carbonyl (C=O) groups excluding carboxylic acids is 1. The van der Waals surface area contributed by atoms with E-state index in [0.717, 1.165) is 51.4 Å². The van der Waals surface area contributed by atoms with E-state index in [9.17, 15) is 4.79 Å². The van der Waals surface area contributed by atoms with Crippen LogP contribution in [0.1, 0.15) is 23.0 Å². The van der Waals surface area contributed by atoms with Gasteiger partial charge in [-0.25, -0.2) is 4.99 Å². The van der Waals surface area contributed by atoms with E-state index in [1.807, 2.05) is 12.1 Å². The Kier molecular flexibility index (Phi) is 7.34. The topological polar surface area (TPSA) is 66.8 Å². The summed E-state index contributed by atoms with van der Waals surface area (Å²) >= 11 is 7.14. The highest BCUT2D eigenvalue weighted by Crippen LogP contribution is 2.36. The number of hydrogen-bond donors (Lipinski definition) is 1. The number of nitrogens with one attached hydrogen (secondary N) is 1. The molecule has 0 aliphatic carbocycles. The first-order chi connectivity index (χ1) is 13.1. The molecule has 0 bridgehead atoms.